The molecule has 0 rings (SSSR count). The van der Waals surface area contributed by atoms with Crippen molar-refractivity contribution in [3.63, 3.8) is 0 Å². The van der Waals surface area contributed by atoms with E-state index < -0.39 is 153 Å². The van der Waals surface area contributed by atoms with Gasteiger partial charge in [-0.1, -0.05) is 47.9 Å². The van der Waals surface area contributed by atoms with Gasteiger partial charge in [0.15, 0.2) is 0 Å². The van der Waals surface area contributed by atoms with Crippen molar-refractivity contribution in [1.29, 1.82) is 0 Å². The Labute approximate surface area is 400 Å². The van der Waals surface area contributed by atoms with Crippen molar-refractivity contribution in [3.8, 4) is 0 Å². The first-order chi connectivity index (χ1) is 28.1. The van der Waals surface area contributed by atoms with Crippen LogP contribution in [0.2, 0.25) is 0 Å². The van der Waals surface area contributed by atoms with Crippen molar-refractivity contribution in [1.82, 2.24) is 0 Å². The minimum absolute atomic E-state index is 0. The molecule has 0 aliphatic heterocycles. The van der Waals surface area contributed by atoms with Gasteiger partial charge < -0.3 is 21.7 Å². The molecule has 0 amide bonds. The molecule has 1 nitrogen and oxygen atoms in total. The first-order valence-corrected chi connectivity index (χ1v) is 18.8. The molecule has 0 aromatic rings. The Morgan fingerprint density at radius 2 is 0.697 bits per heavy atom. The van der Waals surface area contributed by atoms with E-state index >= 15 is 0 Å². The van der Waals surface area contributed by atoms with Crippen LogP contribution in [0.4, 0.5) is 123 Å². The Balaban J connectivity index is -0.000000228. The van der Waals surface area contributed by atoms with Crippen LogP contribution in [0.25, 0.3) is 0 Å². The number of hydrogen-bond acceptors (Lipinski definition) is 1. The molecule has 0 aliphatic rings. The molecule has 32 heteroatoms. The standard InChI is InChI=1S/C15H16F14.C12H11F14I.C4H10O.C3H5.BrH.Mg/c1-2-5-9(8-11(17,14(24,25)26)15(27,28)29)6-3-4-7-10(16,12(18,19)20)13(21,22)23;13-7(9(15,16)17,10(18,19)20)4-2-1-3-6(27)5-8(14,11(21,22)23)12(24,25)26;1-3-5-4-2;1-3-2;;/h2,9H,1,3-8H2;6H,1-5H2;3-4H2,1-2H3;3H,1-2H2;1H;/q;;;-1;;+2/p-1. The van der Waals surface area contributed by atoms with Gasteiger partial charge >= 0.3 is 72.5 Å². The van der Waals surface area contributed by atoms with E-state index in [1.165, 1.54) is 6.08 Å². The third kappa shape index (κ3) is 23.5. The zero-order valence-corrected chi connectivity index (χ0v) is 39.2. The molecule has 0 N–H and O–H groups in total. The summed E-state index contributed by atoms with van der Waals surface area (Å²) in [5.41, 5.74) is -22.4. The summed E-state index contributed by atoms with van der Waals surface area (Å²) in [4.78, 5) is 0. The third-order valence-corrected chi connectivity index (χ3v) is 9.31. The van der Waals surface area contributed by atoms with Gasteiger partial charge in [0, 0.05) is 30.0 Å². The van der Waals surface area contributed by atoms with Crippen molar-refractivity contribution in [3.05, 3.63) is 32.2 Å². The number of rotatable bonds is 18. The van der Waals surface area contributed by atoms with Gasteiger partial charge in [0.05, 0.1) is 0 Å². The summed E-state index contributed by atoms with van der Waals surface area (Å²) in [6.07, 6.45) is -63.0. The molecular formula is C34H42BrF28IMgO. The van der Waals surface area contributed by atoms with Crippen LogP contribution in [0.1, 0.15) is 84.5 Å². The minimum Gasteiger partial charge on any atom is -1.00 e. The average Bonchev–Trinajstić information content (AvgIpc) is 3.05. The molecule has 0 aromatic carbocycles. The van der Waals surface area contributed by atoms with Gasteiger partial charge in [0.1, 0.15) is 0 Å². The van der Waals surface area contributed by atoms with Crippen LogP contribution in [0.5, 0.6) is 0 Å². The Bertz CT molecular complexity index is 1240. The fourth-order valence-corrected chi connectivity index (χ4v) is 5.80. The van der Waals surface area contributed by atoms with Gasteiger partial charge in [-0.3, -0.25) is 0 Å². The Morgan fingerprint density at radius 3 is 0.909 bits per heavy atom. The molecule has 0 saturated carbocycles. The molecule has 0 saturated heterocycles. The van der Waals surface area contributed by atoms with Crippen LogP contribution in [0, 0.1) is 12.8 Å². The molecule has 0 aromatic heterocycles. The predicted molar refractivity (Wildman–Crippen MR) is 190 cm³/mol. The summed E-state index contributed by atoms with van der Waals surface area (Å²) in [7, 11) is 0. The molecule has 0 aliphatic carbocycles. The van der Waals surface area contributed by atoms with E-state index in [9.17, 15) is 123 Å². The van der Waals surface area contributed by atoms with Gasteiger partial charge in [-0.05, 0) is 58.3 Å². The molecular weight excluding hydrogens is 1190 g/mol. The second-order valence-corrected chi connectivity index (χ2v) is 14.9. The van der Waals surface area contributed by atoms with Crippen LogP contribution in [0.15, 0.2) is 25.3 Å². The van der Waals surface area contributed by atoms with Crippen LogP contribution in [0.3, 0.4) is 0 Å². The maximum atomic E-state index is 13.7. The molecule has 396 valence electrons. The summed E-state index contributed by atoms with van der Waals surface area (Å²) < 4.78 is 355. The van der Waals surface area contributed by atoms with E-state index in [0.29, 0.717) is 0 Å². The van der Waals surface area contributed by atoms with Gasteiger partial charge in [0.2, 0.25) is 0 Å². The Hall–Kier alpha value is -0.674. The molecule has 0 bridgehead atoms. The van der Waals surface area contributed by atoms with Crippen LogP contribution >= 0.6 is 22.6 Å². The monoisotopic (exact) mass is 1230 g/mol. The molecule has 0 fully saturated rings. The van der Waals surface area contributed by atoms with Crippen LogP contribution < -0.4 is 17.0 Å². The summed E-state index contributed by atoms with van der Waals surface area (Å²) in [5, 5.41) is 0. The van der Waals surface area contributed by atoms with E-state index in [4.69, 9.17) is 4.74 Å². The number of unbranched alkanes of at least 4 members (excludes halogenated alkanes) is 2. The molecule has 0 heterocycles. The predicted octanol–water partition coefficient (Wildman–Crippen LogP) is 13.9. The van der Waals surface area contributed by atoms with Crippen molar-refractivity contribution >= 4 is 45.6 Å². The molecule has 0 radical (unpaired) electrons. The number of allylic oxidation sites excluding steroid dienone is 2. The first-order valence-electron chi connectivity index (χ1n) is 17.6. The Kier molecular flexibility index (Phi) is 34.5. The smallest absolute Gasteiger partial charge is 1.00 e. The number of ether oxygens (including phenoxy) is 1. The zero-order valence-electron chi connectivity index (χ0n) is 34.1. The van der Waals surface area contributed by atoms with Gasteiger partial charge in [-0.25, -0.2) is 37.1 Å². The van der Waals surface area contributed by atoms with Gasteiger partial charge in [-0.2, -0.15) is 105 Å². The molecule has 2 unspecified atom stereocenters. The number of hydrogen-bond donors (Lipinski definition) is 0. The van der Waals surface area contributed by atoms with E-state index in [1.54, 1.807) is 0 Å². The fourth-order valence-electron chi connectivity index (χ4n) is 4.76. The summed E-state index contributed by atoms with van der Waals surface area (Å²) in [6.45, 7) is 15.2. The number of halogens is 30. The number of alkyl halides is 29. The van der Waals surface area contributed by atoms with E-state index in [1.807, 2.05) is 13.8 Å². The largest absolute Gasteiger partial charge is 2.00 e. The third-order valence-electron chi connectivity index (χ3n) is 8.25. The zero-order chi connectivity index (χ0) is 52.5. The minimum atomic E-state index is -6.36. The molecule has 0 spiro atoms. The summed E-state index contributed by atoms with van der Waals surface area (Å²) in [5.74, 6) is -1.76. The van der Waals surface area contributed by atoms with Crippen molar-refractivity contribution in [2.24, 2.45) is 5.92 Å². The van der Waals surface area contributed by atoms with Crippen molar-refractivity contribution in [2.75, 3.05) is 13.2 Å². The molecule has 66 heavy (non-hydrogen) atoms. The first kappa shape index (κ1) is 76.8. The van der Waals surface area contributed by atoms with E-state index in [0.717, 1.165) is 41.9 Å². The Morgan fingerprint density at radius 1 is 0.455 bits per heavy atom. The van der Waals surface area contributed by atoms with E-state index in [-0.39, 0.29) is 40.0 Å². The van der Waals surface area contributed by atoms with Crippen molar-refractivity contribution < 1.29 is 145 Å². The van der Waals surface area contributed by atoms with Gasteiger partial charge in [0.25, 0.3) is 22.7 Å². The van der Waals surface area contributed by atoms with Crippen LogP contribution in [-0.2, 0) is 4.74 Å². The SMILES string of the molecule is C=CCC(CCCCC(F)(C(F)(F)F)C(F)(F)F)CC(F)(C(F)(F)F)C(F)(F)F.C=C[CH2-].CCOCC.FC(F)(F)C(F)(CCCCC(I)CC(F)(C(F)(F)F)C(F)(F)F)C(F)(F)F.[Br-].[Mg+2]. The van der Waals surface area contributed by atoms with Gasteiger partial charge in [-0.15, -0.1) is 6.58 Å². The topological polar surface area (TPSA) is 9.23 Å². The molecule has 2 atom stereocenters. The maximum Gasteiger partial charge on any atom is 2.00 e. The summed E-state index contributed by atoms with van der Waals surface area (Å²) in [6, 6.07) is 0. The van der Waals surface area contributed by atoms with Crippen molar-refractivity contribution in [2.45, 2.75) is 160 Å². The fraction of sp³-hybridized carbons (Fsp3) is 0.853. The second-order valence-electron chi connectivity index (χ2n) is 13.1. The average molecular weight is 1230 g/mol. The van der Waals surface area contributed by atoms with Crippen LogP contribution in [-0.4, -0.2) is 112 Å². The second kappa shape index (κ2) is 29.6. The van der Waals surface area contributed by atoms with E-state index in [2.05, 4.69) is 20.1 Å². The maximum absolute atomic E-state index is 13.7. The quantitative estimate of drug-likeness (QED) is 0.0253. The normalized spacial score (nSPS) is 14.7. The summed E-state index contributed by atoms with van der Waals surface area (Å²) >= 11 is 0.962.